The van der Waals surface area contributed by atoms with Crippen LogP contribution < -0.4 is 5.32 Å². The molecule has 1 aromatic heterocycles. The molecule has 1 unspecified atom stereocenters. The Morgan fingerprint density at radius 1 is 1.37 bits per heavy atom. The Morgan fingerprint density at radius 3 is 2.84 bits per heavy atom. The fourth-order valence-electron chi connectivity index (χ4n) is 1.79. The highest BCUT2D eigenvalue weighted by Gasteiger charge is 2.09. The summed E-state index contributed by atoms with van der Waals surface area (Å²) in [6.45, 7) is 2.42. The maximum absolute atomic E-state index is 10.7. The first-order valence-electron chi connectivity index (χ1n) is 6.35. The molecule has 0 saturated heterocycles. The van der Waals surface area contributed by atoms with Crippen molar-refractivity contribution in [2.24, 2.45) is 5.92 Å². The van der Waals surface area contributed by atoms with E-state index in [2.05, 4.69) is 15.3 Å². The van der Waals surface area contributed by atoms with Gasteiger partial charge in [0.05, 0.1) is 23.1 Å². The number of carboxylic acid groups (broad SMARTS) is 1. The van der Waals surface area contributed by atoms with Crippen molar-refractivity contribution in [3.63, 3.8) is 0 Å². The lowest BCUT2D eigenvalue weighted by Gasteiger charge is -2.08. The third-order valence-corrected chi connectivity index (χ3v) is 2.99. The van der Waals surface area contributed by atoms with Crippen molar-refractivity contribution in [1.82, 2.24) is 9.97 Å². The predicted molar refractivity (Wildman–Crippen MR) is 74.1 cm³/mol. The number of rotatable bonds is 6. The van der Waals surface area contributed by atoms with Crippen LogP contribution in [0.3, 0.4) is 0 Å². The van der Waals surface area contributed by atoms with Crippen LogP contribution in [0.1, 0.15) is 19.8 Å². The maximum atomic E-state index is 10.7. The zero-order valence-electron chi connectivity index (χ0n) is 10.8. The molecule has 2 N–H and O–H groups in total. The zero-order chi connectivity index (χ0) is 13.7. The molecule has 1 aromatic carbocycles. The highest BCUT2D eigenvalue weighted by Crippen LogP contribution is 2.12. The standard InChI is InChI=1S/C14H17N3O2/c1-10(14(18)19)5-4-8-15-13-9-16-11-6-2-3-7-12(11)17-13/h2-3,6-7,9-10H,4-5,8H2,1H3,(H,15,17)(H,18,19). The number of aliphatic carboxylic acids is 1. The van der Waals surface area contributed by atoms with Gasteiger partial charge in [0.2, 0.25) is 0 Å². The second-order valence-corrected chi connectivity index (χ2v) is 4.55. The van der Waals surface area contributed by atoms with E-state index in [4.69, 9.17) is 5.11 Å². The van der Waals surface area contributed by atoms with Gasteiger partial charge in [-0.15, -0.1) is 0 Å². The van der Waals surface area contributed by atoms with Crippen molar-refractivity contribution >= 4 is 22.8 Å². The van der Waals surface area contributed by atoms with E-state index in [0.29, 0.717) is 13.0 Å². The van der Waals surface area contributed by atoms with Crippen LogP contribution in [-0.4, -0.2) is 27.6 Å². The van der Waals surface area contributed by atoms with E-state index >= 15 is 0 Å². The minimum atomic E-state index is -0.745. The number of hydrogen-bond acceptors (Lipinski definition) is 4. The Hall–Kier alpha value is -2.17. The van der Waals surface area contributed by atoms with Crippen LogP contribution >= 0.6 is 0 Å². The Bertz CT molecular complexity index is 571. The molecule has 0 amide bonds. The quantitative estimate of drug-likeness (QED) is 0.780. The molecular weight excluding hydrogens is 242 g/mol. The molecule has 100 valence electrons. The summed E-state index contributed by atoms with van der Waals surface area (Å²) in [5, 5.41) is 11.9. The van der Waals surface area contributed by atoms with Crippen molar-refractivity contribution < 1.29 is 9.90 Å². The number of anilines is 1. The summed E-state index contributed by atoms with van der Waals surface area (Å²) in [6.07, 6.45) is 3.15. The molecule has 0 spiro atoms. The normalized spacial score (nSPS) is 12.3. The van der Waals surface area contributed by atoms with E-state index in [1.54, 1.807) is 13.1 Å². The Labute approximate surface area is 111 Å². The second kappa shape index (κ2) is 6.13. The summed E-state index contributed by atoms with van der Waals surface area (Å²) in [6, 6.07) is 7.69. The Balaban J connectivity index is 1.86. The number of nitrogens with one attached hydrogen (secondary N) is 1. The van der Waals surface area contributed by atoms with Crippen LogP contribution in [0.15, 0.2) is 30.5 Å². The van der Waals surface area contributed by atoms with E-state index in [0.717, 1.165) is 23.3 Å². The average molecular weight is 259 g/mol. The Morgan fingerprint density at radius 2 is 2.11 bits per heavy atom. The molecule has 0 bridgehead atoms. The predicted octanol–water partition coefficient (Wildman–Crippen LogP) is 2.54. The van der Waals surface area contributed by atoms with Gasteiger partial charge in [-0.25, -0.2) is 4.98 Å². The third-order valence-electron chi connectivity index (χ3n) is 2.99. The molecule has 0 radical (unpaired) electrons. The lowest BCUT2D eigenvalue weighted by molar-refractivity contribution is -0.141. The van der Waals surface area contributed by atoms with Gasteiger partial charge >= 0.3 is 5.97 Å². The van der Waals surface area contributed by atoms with E-state index in [-0.39, 0.29) is 5.92 Å². The minimum absolute atomic E-state index is 0.301. The molecule has 2 aromatic rings. The number of nitrogens with zero attached hydrogens (tertiary/aromatic N) is 2. The van der Waals surface area contributed by atoms with E-state index in [1.165, 1.54) is 0 Å². The van der Waals surface area contributed by atoms with Gasteiger partial charge in [-0.2, -0.15) is 0 Å². The van der Waals surface area contributed by atoms with Gasteiger partial charge in [0.15, 0.2) is 0 Å². The number of hydrogen-bond donors (Lipinski definition) is 2. The molecule has 19 heavy (non-hydrogen) atoms. The number of fused-ring (bicyclic) bond motifs is 1. The van der Waals surface area contributed by atoms with Crippen molar-refractivity contribution in [2.75, 3.05) is 11.9 Å². The largest absolute Gasteiger partial charge is 0.481 e. The van der Waals surface area contributed by atoms with Gasteiger partial charge < -0.3 is 10.4 Å². The lowest BCUT2D eigenvalue weighted by Crippen LogP contribution is -2.12. The molecule has 0 aliphatic heterocycles. The maximum Gasteiger partial charge on any atom is 0.306 e. The summed E-state index contributed by atoms with van der Waals surface area (Å²) < 4.78 is 0. The first kappa shape index (κ1) is 13.3. The van der Waals surface area contributed by atoms with E-state index in [9.17, 15) is 4.79 Å². The van der Waals surface area contributed by atoms with Crippen LogP contribution in [0.2, 0.25) is 0 Å². The fraction of sp³-hybridized carbons (Fsp3) is 0.357. The summed E-state index contributed by atoms with van der Waals surface area (Å²) in [7, 11) is 0. The summed E-state index contributed by atoms with van der Waals surface area (Å²) in [4.78, 5) is 19.4. The van der Waals surface area contributed by atoms with Crippen LogP contribution in [-0.2, 0) is 4.79 Å². The van der Waals surface area contributed by atoms with Gasteiger partial charge in [0.1, 0.15) is 5.82 Å². The highest BCUT2D eigenvalue weighted by molar-refractivity contribution is 5.75. The SMILES string of the molecule is CC(CCCNc1cnc2ccccc2n1)C(=O)O. The number of carbonyl (C=O) groups is 1. The van der Waals surface area contributed by atoms with Crippen LogP contribution in [0.4, 0.5) is 5.82 Å². The zero-order valence-corrected chi connectivity index (χ0v) is 10.8. The van der Waals surface area contributed by atoms with E-state index in [1.807, 2.05) is 24.3 Å². The molecular formula is C14H17N3O2. The summed E-state index contributed by atoms with van der Waals surface area (Å²) in [5.41, 5.74) is 1.72. The van der Waals surface area contributed by atoms with Gasteiger partial charge in [-0.3, -0.25) is 9.78 Å². The van der Waals surface area contributed by atoms with Gasteiger partial charge in [-0.05, 0) is 25.0 Å². The Kier molecular flexibility index (Phi) is 4.28. The van der Waals surface area contributed by atoms with Crippen molar-refractivity contribution in [1.29, 1.82) is 0 Å². The minimum Gasteiger partial charge on any atom is -0.481 e. The number of benzene rings is 1. The molecule has 0 aliphatic rings. The lowest BCUT2D eigenvalue weighted by atomic mass is 10.1. The molecule has 1 atom stereocenters. The highest BCUT2D eigenvalue weighted by atomic mass is 16.4. The van der Waals surface area contributed by atoms with Crippen molar-refractivity contribution in [2.45, 2.75) is 19.8 Å². The fourth-order valence-corrected chi connectivity index (χ4v) is 1.79. The van der Waals surface area contributed by atoms with Crippen molar-refractivity contribution in [3.8, 4) is 0 Å². The first-order chi connectivity index (χ1) is 9.16. The second-order valence-electron chi connectivity index (χ2n) is 4.55. The number of para-hydroxylation sites is 2. The summed E-state index contributed by atoms with van der Waals surface area (Å²) >= 11 is 0. The van der Waals surface area contributed by atoms with Crippen molar-refractivity contribution in [3.05, 3.63) is 30.5 Å². The molecule has 0 fully saturated rings. The topological polar surface area (TPSA) is 75.1 Å². The first-order valence-corrected chi connectivity index (χ1v) is 6.35. The molecule has 5 nitrogen and oxygen atoms in total. The molecule has 2 rings (SSSR count). The van der Waals surface area contributed by atoms with Crippen LogP contribution in [0.25, 0.3) is 11.0 Å². The van der Waals surface area contributed by atoms with Gasteiger partial charge in [0.25, 0.3) is 0 Å². The molecule has 1 heterocycles. The van der Waals surface area contributed by atoms with Gasteiger partial charge in [0, 0.05) is 6.54 Å². The van der Waals surface area contributed by atoms with E-state index < -0.39 is 5.97 Å². The molecule has 0 aliphatic carbocycles. The number of aromatic nitrogens is 2. The average Bonchev–Trinajstić information content (AvgIpc) is 2.43. The number of carboxylic acids is 1. The van der Waals surface area contributed by atoms with Gasteiger partial charge in [-0.1, -0.05) is 19.1 Å². The smallest absolute Gasteiger partial charge is 0.306 e. The van der Waals surface area contributed by atoms with Crippen LogP contribution in [0.5, 0.6) is 0 Å². The monoisotopic (exact) mass is 259 g/mol. The summed E-state index contributed by atoms with van der Waals surface area (Å²) in [5.74, 6) is -0.323. The third kappa shape index (κ3) is 3.64. The van der Waals surface area contributed by atoms with Crippen LogP contribution in [0, 0.1) is 5.92 Å². The molecule has 5 heteroatoms. The molecule has 0 saturated carbocycles.